The summed E-state index contributed by atoms with van der Waals surface area (Å²) in [6.45, 7) is 5.32. The molecule has 1 aliphatic heterocycles. The number of carbonyl (C=O) groups is 1. The van der Waals surface area contributed by atoms with Crippen LogP contribution in [0.1, 0.15) is 62.8 Å². The van der Waals surface area contributed by atoms with E-state index >= 15 is 0 Å². The summed E-state index contributed by atoms with van der Waals surface area (Å²) in [7, 11) is 0. The van der Waals surface area contributed by atoms with E-state index in [9.17, 15) is 9.90 Å². The Morgan fingerprint density at radius 2 is 2.30 bits per heavy atom. The van der Waals surface area contributed by atoms with Gasteiger partial charge < -0.3 is 9.84 Å². The number of rotatable bonds is 6. The minimum Gasteiger partial charge on any atom is -0.480 e. The maximum Gasteiger partial charge on any atom is 0.320 e. The van der Waals surface area contributed by atoms with E-state index in [0.29, 0.717) is 25.1 Å². The molecule has 1 aromatic rings. The lowest BCUT2D eigenvalue weighted by atomic mass is 9.85. The van der Waals surface area contributed by atoms with Crippen molar-refractivity contribution >= 4 is 17.3 Å². The molecule has 3 rings (SSSR count). The summed E-state index contributed by atoms with van der Waals surface area (Å²) in [6, 6.07) is 0.0666. The van der Waals surface area contributed by atoms with Crippen LogP contribution in [0.3, 0.4) is 0 Å². The number of hydrogen-bond donors (Lipinski definition) is 1. The average molecular weight is 338 g/mol. The largest absolute Gasteiger partial charge is 0.480 e. The Morgan fingerprint density at radius 3 is 3.04 bits per heavy atom. The molecule has 4 atom stereocenters. The Labute approximate surface area is 141 Å². The van der Waals surface area contributed by atoms with Gasteiger partial charge in [0.25, 0.3) is 0 Å². The van der Waals surface area contributed by atoms with Crippen molar-refractivity contribution < 1.29 is 14.6 Å². The van der Waals surface area contributed by atoms with Crippen LogP contribution in [-0.4, -0.2) is 39.7 Å². The monoisotopic (exact) mass is 338 g/mol. The summed E-state index contributed by atoms with van der Waals surface area (Å²) in [4.78, 5) is 18.5. The van der Waals surface area contributed by atoms with E-state index in [-0.39, 0.29) is 12.1 Å². The number of nitrogens with zero attached hydrogens (tertiary/aromatic N) is 2. The van der Waals surface area contributed by atoms with Gasteiger partial charge in [0, 0.05) is 24.6 Å². The van der Waals surface area contributed by atoms with E-state index in [1.165, 1.54) is 19.3 Å². The zero-order valence-corrected chi connectivity index (χ0v) is 14.7. The first-order chi connectivity index (χ1) is 11.1. The first-order valence-corrected chi connectivity index (χ1v) is 9.52. The number of thiazole rings is 1. The fraction of sp³-hybridized carbons (Fsp3) is 0.765. The number of ether oxygens (including phenoxy) is 1. The molecule has 2 heterocycles. The van der Waals surface area contributed by atoms with Gasteiger partial charge in [-0.25, -0.2) is 4.98 Å². The molecular weight excluding hydrogens is 312 g/mol. The molecule has 1 saturated heterocycles. The molecule has 1 aliphatic carbocycles. The van der Waals surface area contributed by atoms with E-state index in [2.05, 4.69) is 15.3 Å². The van der Waals surface area contributed by atoms with Gasteiger partial charge in [-0.15, -0.1) is 11.3 Å². The van der Waals surface area contributed by atoms with Crippen LogP contribution in [0, 0.1) is 5.92 Å². The Balaban J connectivity index is 1.73. The number of carboxylic acids is 1. The van der Waals surface area contributed by atoms with Crippen LogP contribution < -0.4 is 0 Å². The van der Waals surface area contributed by atoms with Gasteiger partial charge in [-0.1, -0.05) is 12.8 Å². The zero-order chi connectivity index (χ0) is 16.4. The SMILES string of the molecule is CCOC(C)c1nc(CN2C(C(=O)O)CC3CCCCC32)cs1. The molecule has 0 amide bonds. The summed E-state index contributed by atoms with van der Waals surface area (Å²) < 4.78 is 5.60. The summed E-state index contributed by atoms with van der Waals surface area (Å²) >= 11 is 1.61. The number of aliphatic carboxylic acids is 1. The van der Waals surface area contributed by atoms with Crippen LogP contribution >= 0.6 is 11.3 Å². The predicted molar refractivity (Wildman–Crippen MR) is 89.5 cm³/mol. The van der Waals surface area contributed by atoms with Crippen molar-refractivity contribution in [3.8, 4) is 0 Å². The molecule has 1 saturated carbocycles. The molecule has 23 heavy (non-hydrogen) atoms. The smallest absolute Gasteiger partial charge is 0.320 e. The van der Waals surface area contributed by atoms with Gasteiger partial charge in [-0.3, -0.25) is 9.69 Å². The number of likely N-dealkylation sites (tertiary alicyclic amines) is 1. The molecule has 128 valence electrons. The molecule has 4 unspecified atom stereocenters. The normalized spacial score (nSPS) is 29.4. The maximum atomic E-state index is 11.7. The molecule has 2 aliphatic rings. The molecule has 0 bridgehead atoms. The van der Waals surface area contributed by atoms with Crippen molar-refractivity contribution in [1.29, 1.82) is 0 Å². The fourth-order valence-corrected chi connectivity index (χ4v) is 4.93. The van der Waals surface area contributed by atoms with Gasteiger partial charge in [0.2, 0.25) is 0 Å². The van der Waals surface area contributed by atoms with Crippen LogP contribution in [0.2, 0.25) is 0 Å². The van der Waals surface area contributed by atoms with E-state index in [0.717, 1.165) is 23.5 Å². The van der Waals surface area contributed by atoms with Crippen molar-refractivity contribution in [2.24, 2.45) is 5.92 Å². The van der Waals surface area contributed by atoms with Crippen LogP contribution in [-0.2, 0) is 16.1 Å². The lowest BCUT2D eigenvalue weighted by molar-refractivity contribution is -0.142. The lowest BCUT2D eigenvalue weighted by Crippen LogP contribution is -2.41. The number of aromatic nitrogens is 1. The van der Waals surface area contributed by atoms with Crippen LogP contribution in [0.15, 0.2) is 5.38 Å². The second-order valence-corrected chi connectivity index (χ2v) is 7.54. The molecule has 1 aromatic heterocycles. The predicted octanol–water partition coefficient (Wildman–Crippen LogP) is 3.46. The maximum absolute atomic E-state index is 11.7. The van der Waals surface area contributed by atoms with Crippen molar-refractivity contribution in [2.75, 3.05) is 6.61 Å². The van der Waals surface area contributed by atoms with Crippen molar-refractivity contribution in [2.45, 2.75) is 70.7 Å². The van der Waals surface area contributed by atoms with Crippen molar-refractivity contribution in [3.05, 3.63) is 16.1 Å². The first kappa shape index (κ1) is 16.9. The quantitative estimate of drug-likeness (QED) is 0.860. The van der Waals surface area contributed by atoms with Crippen LogP contribution in [0.5, 0.6) is 0 Å². The molecule has 5 nitrogen and oxygen atoms in total. The second-order valence-electron chi connectivity index (χ2n) is 6.65. The highest BCUT2D eigenvalue weighted by molar-refractivity contribution is 7.09. The van der Waals surface area contributed by atoms with Gasteiger partial charge >= 0.3 is 5.97 Å². The van der Waals surface area contributed by atoms with Gasteiger partial charge in [-0.2, -0.15) is 0 Å². The van der Waals surface area contributed by atoms with Crippen molar-refractivity contribution in [1.82, 2.24) is 9.88 Å². The number of hydrogen-bond acceptors (Lipinski definition) is 5. The van der Waals surface area contributed by atoms with Gasteiger partial charge in [0.1, 0.15) is 17.2 Å². The Bertz CT molecular complexity index is 548. The van der Waals surface area contributed by atoms with E-state index in [1.54, 1.807) is 11.3 Å². The standard InChI is InChI=1S/C17H26N2O3S/c1-3-22-11(2)16-18-13(10-23-16)9-19-14-7-5-4-6-12(14)8-15(19)17(20)21/h10-12,14-15H,3-9H2,1-2H3,(H,20,21). The van der Waals surface area contributed by atoms with Crippen LogP contribution in [0.4, 0.5) is 0 Å². The summed E-state index contributed by atoms with van der Waals surface area (Å²) in [5, 5.41) is 12.6. The lowest BCUT2D eigenvalue weighted by Gasteiger charge is -2.32. The van der Waals surface area contributed by atoms with E-state index in [4.69, 9.17) is 4.74 Å². The molecule has 0 spiro atoms. The summed E-state index contributed by atoms with van der Waals surface area (Å²) in [5.41, 5.74) is 0.981. The molecule has 2 fully saturated rings. The average Bonchev–Trinajstić information content (AvgIpc) is 3.13. The van der Waals surface area contributed by atoms with Crippen LogP contribution in [0.25, 0.3) is 0 Å². The van der Waals surface area contributed by atoms with Gasteiger partial charge in [-0.05, 0) is 39.0 Å². The Hall–Kier alpha value is -0.980. The number of carboxylic acid groups (broad SMARTS) is 1. The van der Waals surface area contributed by atoms with Crippen molar-refractivity contribution in [3.63, 3.8) is 0 Å². The minimum absolute atomic E-state index is 0.00928. The van der Waals surface area contributed by atoms with E-state index in [1.807, 2.05) is 13.8 Å². The van der Waals surface area contributed by atoms with E-state index < -0.39 is 5.97 Å². The third-order valence-corrected chi connectivity index (χ3v) is 6.24. The molecule has 6 heteroatoms. The zero-order valence-electron chi connectivity index (χ0n) is 13.9. The highest BCUT2D eigenvalue weighted by atomic mass is 32.1. The second kappa shape index (κ2) is 7.28. The first-order valence-electron chi connectivity index (χ1n) is 8.64. The highest BCUT2D eigenvalue weighted by Gasteiger charge is 2.45. The summed E-state index contributed by atoms with van der Waals surface area (Å²) in [6.07, 6.45) is 5.57. The summed E-state index contributed by atoms with van der Waals surface area (Å²) in [5.74, 6) is -0.136. The highest BCUT2D eigenvalue weighted by Crippen LogP contribution is 2.40. The van der Waals surface area contributed by atoms with Gasteiger partial charge in [0.05, 0.1) is 5.69 Å². The third-order valence-electron chi connectivity index (χ3n) is 5.18. The molecule has 1 N–H and O–H groups in total. The third kappa shape index (κ3) is 3.59. The Morgan fingerprint density at radius 1 is 1.52 bits per heavy atom. The fourth-order valence-electron chi connectivity index (χ4n) is 4.11. The molecular formula is C17H26N2O3S. The topological polar surface area (TPSA) is 62.7 Å². The van der Waals surface area contributed by atoms with Gasteiger partial charge in [0.15, 0.2) is 0 Å². The molecule has 0 aromatic carbocycles. The Kier molecular flexibility index (Phi) is 5.34. The minimum atomic E-state index is -0.683. The number of fused-ring (bicyclic) bond motifs is 1. The molecule has 0 radical (unpaired) electrons.